The molecular formula is C32H47N3O2S. The summed E-state index contributed by atoms with van der Waals surface area (Å²) in [7, 11) is 0. The predicted octanol–water partition coefficient (Wildman–Crippen LogP) is 7.52. The number of carbonyl (C=O) groups is 1. The number of thioether (sulfide) groups is 1. The summed E-state index contributed by atoms with van der Waals surface area (Å²) < 4.78 is 6.47. The van der Waals surface area contributed by atoms with E-state index in [1.807, 2.05) is 6.20 Å². The van der Waals surface area contributed by atoms with Gasteiger partial charge in [-0.15, -0.1) is 0 Å². The number of aryl methyl sites for hydroxylation is 1. The number of pyridine rings is 1. The molecule has 6 rings (SSSR count). The molecule has 1 saturated carbocycles. The topological polar surface area (TPSA) is 54.5 Å². The number of fused-ring (bicyclic) bond motifs is 4. The Morgan fingerprint density at radius 3 is 2.87 bits per heavy atom. The Labute approximate surface area is 233 Å². The number of hydrogen-bond acceptors (Lipinski definition) is 5. The van der Waals surface area contributed by atoms with Crippen LogP contribution < -0.4 is 5.32 Å². The van der Waals surface area contributed by atoms with Gasteiger partial charge in [0.25, 0.3) is 0 Å². The molecule has 4 fully saturated rings. The fourth-order valence-electron chi connectivity index (χ4n) is 7.23. The minimum absolute atomic E-state index is 0.214. The fraction of sp³-hybridized carbons (Fsp3) is 0.688. The lowest BCUT2D eigenvalue weighted by atomic mass is 9.72. The number of alkyl carbamates (subject to hydrolysis) is 1. The molecule has 3 aliphatic heterocycles. The van der Waals surface area contributed by atoms with Crippen LogP contribution in [-0.2, 0) is 4.74 Å². The Bertz CT molecular complexity index is 1080. The van der Waals surface area contributed by atoms with E-state index in [4.69, 9.17) is 4.74 Å². The molecule has 208 valence electrons. The van der Waals surface area contributed by atoms with Crippen molar-refractivity contribution in [2.45, 2.75) is 96.7 Å². The molecule has 2 aromatic rings. The van der Waals surface area contributed by atoms with Crippen molar-refractivity contribution in [1.29, 1.82) is 0 Å². The molecule has 1 aliphatic carbocycles. The number of nitrogens with zero attached hydrogens (tertiary/aromatic N) is 2. The first-order valence-electron chi connectivity index (χ1n) is 15.2. The summed E-state index contributed by atoms with van der Waals surface area (Å²) in [6.45, 7) is 8.89. The number of benzene rings is 1. The molecule has 0 radical (unpaired) electrons. The van der Waals surface area contributed by atoms with Gasteiger partial charge in [0.1, 0.15) is 6.10 Å². The van der Waals surface area contributed by atoms with Crippen molar-refractivity contribution in [2.24, 2.45) is 17.8 Å². The second-order valence-corrected chi connectivity index (χ2v) is 13.3. The largest absolute Gasteiger partial charge is 0.440 e. The number of rotatable bonds is 10. The van der Waals surface area contributed by atoms with Gasteiger partial charge in [0.2, 0.25) is 0 Å². The molecule has 4 aliphatic rings. The highest BCUT2D eigenvalue weighted by Crippen LogP contribution is 2.44. The van der Waals surface area contributed by atoms with Gasteiger partial charge in [-0.05, 0) is 106 Å². The fourth-order valence-corrected chi connectivity index (χ4v) is 8.09. The van der Waals surface area contributed by atoms with Gasteiger partial charge in [0, 0.05) is 29.7 Å². The monoisotopic (exact) mass is 537 g/mol. The maximum atomic E-state index is 13.4. The number of piperidine rings is 3. The Morgan fingerprint density at radius 2 is 2.08 bits per heavy atom. The van der Waals surface area contributed by atoms with Gasteiger partial charge in [0.15, 0.2) is 0 Å². The minimum atomic E-state index is -0.287. The van der Waals surface area contributed by atoms with E-state index in [9.17, 15) is 4.79 Å². The zero-order valence-electron chi connectivity index (χ0n) is 23.7. The van der Waals surface area contributed by atoms with Crippen LogP contribution in [0.15, 0.2) is 30.5 Å². The molecule has 1 amide bonds. The summed E-state index contributed by atoms with van der Waals surface area (Å²) in [4.78, 5) is 20.7. The molecule has 1 N–H and O–H groups in total. The third kappa shape index (κ3) is 6.50. The molecule has 4 heterocycles. The molecule has 6 heteroatoms. The zero-order chi connectivity index (χ0) is 26.5. The Hall–Kier alpha value is -1.79. The van der Waals surface area contributed by atoms with E-state index in [2.05, 4.69) is 72.0 Å². The van der Waals surface area contributed by atoms with Gasteiger partial charge < -0.3 is 10.1 Å². The Morgan fingerprint density at radius 1 is 1.21 bits per heavy atom. The van der Waals surface area contributed by atoms with Crippen LogP contribution >= 0.6 is 11.8 Å². The molecule has 7 atom stereocenters. The van der Waals surface area contributed by atoms with Gasteiger partial charge >= 0.3 is 6.09 Å². The maximum Gasteiger partial charge on any atom is 0.408 e. The van der Waals surface area contributed by atoms with Crippen LogP contribution in [0.4, 0.5) is 4.79 Å². The van der Waals surface area contributed by atoms with E-state index in [0.29, 0.717) is 5.92 Å². The van der Waals surface area contributed by atoms with Crippen molar-refractivity contribution in [1.82, 2.24) is 15.2 Å². The van der Waals surface area contributed by atoms with E-state index >= 15 is 0 Å². The molecule has 1 aromatic heterocycles. The number of carbonyl (C=O) groups excluding carboxylic acids is 1. The zero-order valence-corrected chi connectivity index (χ0v) is 24.5. The standard InChI is InChI=1S/C32H47N3O2S/c1-4-17-38-18-7-9-25-21-35-16-14-24(25)20-30(35)31(37-32(36)34-28-10-6-5-8-23(28)3)26-13-15-33-29-12-11-22(2)19-27(26)29/h11-13,15,19,23-25,28,30-31H,4-10,14,16-18,20-21H2,1-3H3,(H,34,36)/t23?,24?,25?,28-,30-,31-/m1/s1. The highest BCUT2D eigenvalue weighted by Gasteiger charge is 2.45. The maximum absolute atomic E-state index is 13.4. The Kier molecular flexibility index (Phi) is 9.53. The number of aromatic nitrogens is 1. The number of nitrogens with one attached hydrogen (secondary N) is 1. The van der Waals surface area contributed by atoms with Crippen molar-refractivity contribution in [3.63, 3.8) is 0 Å². The number of amides is 1. The van der Waals surface area contributed by atoms with Gasteiger partial charge in [-0.2, -0.15) is 11.8 Å². The SMILES string of the molecule is CCCSCCCC1CN2CCC1C[C@@H]2[C@H](OC(=O)N[C@@H]1CCCCC1C)c1ccnc2ccc(C)cc12. The van der Waals surface area contributed by atoms with Crippen LogP contribution in [0.2, 0.25) is 0 Å². The van der Waals surface area contributed by atoms with E-state index in [1.54, 1.807) is 0 Å². The van der Waals surface area contributed by atoms with Gasteiger partial charge in [-0.25, -0.2) is 4.79 Å². The van der Waals surface area contributed by atoms with Gasteiger partial charge in [-0.1, -0.05) is 38.3 Å². The van der Waals surface area contributed by atoms with Gasteiger partial charge in [0.05, 0.1) is 11.6 Å². The second kappa shape index (κ2) is 13.0. The average Bonchev–Trinajstić information content (AvgIpc) is 2.93. The van der Waals surface area contributed by atoms with Crippen molar-refractivity contribution < 1.29 is 9.53 Å². The minimum Gasteiger partial charge on any atom is -0.440 e. The number of ether oxygens (including phenoxy) is 1. The molecule has 1 aromatic carbocycles. The summed E-state index contributed by atoms with van der Waals surface area (Å²) >= 11 is 2.10. The summed E-state index contributed by atoms with van der Waals surface area (Å²) in [5, 5.41) is 4.38. The van der Waals surface area contributed by atoms with Crippen molar-refractivity contribution in [3.8, 4) is 0 Å². The molecular weight excluding hydrogens is 490 g/mol. The summed E-state index contributed by atoms with van der Waals surface area (Å²) in [5.74, 6) is 4.57. The molecule has 4 unspecified atom stereocenters. The normalized spacial score (nSPS) is 29.8. The third-order valence-electron chi connectivity index (χ3n) is 9.38. The van der Waals surface area contributed by atoms with Gasteiger partial charge in [-0.3, -0.25) is 9.88 Å². The predicted molar refractivity (Wildman–Crippen MR) is 159 cm³/mol. The van der Waals surface area contributed by atoms with Crippen LogP contribution in [0.1, 0.15) is 88.9 Å². The quantitative estimate of drug-likeness (QED) is 0.318. The number of hydrogen-bond donors (Lipinski definition) is 1. The van der Waals surface area contributed by atoms with Crippen molar-refractivity contribution in [2.75, 3.05) is 24.6 Å². The van der Waals surface area contributed by atoms with Crippen LogP contribution in [0, 0.1) is 24.7 Å². The smallest absolute Gasteiger partial charge is 0.408 e. The first kappa shape index (κ1) is 27.8. The third-order valence-corrected chi connectivity index (χ3v) is 10.7. The molecule has 0 spiro atoms. The summed E-state index contributed by atoms with van der Waals surface area (Å²) in [5.41, 5.74) is 3.29. The van der Waals surface area contributed by atoms with E-state index in [0.717, 1.165) is 54.2 Å². The van der Waals surface area contributed by atoms with E-state index < -0.39 is 0 Å². The summed E-state index contributed by atoms with van der Waals surface area (Å²) in [6.07, 6.45) is 12.3. The average molecular weight is 538 g/mol. The molecule has 38 heavy (non-hydrogen) atoms. The first-order valence-corrected chi connectivity index (χ1v) is 16.3. The van der Waals surface area contributed by atoms with Crippen LogP contribution in [0.3, 0.4) is 0 Å². The van der Waals surface area contributed by atoms with Crippen LogP contribution in [0.25, 0.3) is 10.9 Å². The lowest BCUT2D eigenvalue weighted by Gasteiger charge is -2.52. The van der Waals surface area contributed by atoms with Crippen LogP contribution in [0.5, 0.6) is 0 Å². The molecule has 3 saturated heterocycles. The first-order chi connectivity index (χ1) is 18.5. The highest BCUT2D eigenvalue weighted by atomic mass is 32.2. The van der Waals surface area contributed by atoms with Crippen molar-refractivity contribution in [3.05, 3.63) is 41.6 Å². The van der Waals surface area contributed by atoms with E-state index in [-0.39, 0.29) is 24.3 Å². The van der Waals surface area contributed by atoms with Crippen molar-refractivity contribution >= 4 is 28.8 Å². The lowest BCUT2D eigenvalue weighted by Crippen LogP contribution is -2.56. The molecule has 5 nitrogen and oxygen atoms in total. The highest BCUT2D eigenvalue weighted by molar-refractivity contribution is 7.99. The van der Waals surface area contributed by atoms with Crippen LogP contribution in [-0.4, -0.2) is 52.7 Å². The van der Waals surface area contributed by atoms with E-state index in [1.165, 1.54) is 62.0 Å². The summed E-state index contributed by atoms with van der Waals surface area (Å²) in [6, 6.07) is 8.94. The Balaban J connectivity index is 1.35. The second-order valence-electron chi connectivity index (χ2n) is 12.1. The molecule has 2 bridgehead atoms. The lowest BCUT2D eigenvalue weighted by molar-refractivity contribution is -0.0621.